The highest BCUT2D eigenvalue weighted by Gasteiger charge is 2.67. The van der Waals surface area contributed by atoms with Crippen LogP contribution < -0.4 is 0 Å². The van der Waals surface area contributed by atoms with E-state index in [1.54, 1.807) is 0 Å². The topological polar surface area (TPSA) is 17.1 Å². The van der Waals surface area contributed by atoms with Crippen molar-refractivity contribution in [1.82, 2.24) is 0 Å². The molecular formula is C10H14BrIO. The van der Waals surface area contributed by atoms with Crippen molar-refractivity contribution in [2.75, 3.05) is 4.43 Å². The highest BCUT2D eigenvalue weighted by atomic mass is 127. The molecule has 0 spiro atoms. The second-order valence-electron chi connectivity index (χ2n) is 4.79. The van der Waals surface area contributed by atoms with Gasteiger partial charge in [0.15, 0.2) is 5.78 Å². The minimum atomic E-state index is -0.0486. The lowest BCUT2D eigenvalue weighted by atomic mass is 9.70. The monoisotopic (exact) mass is 356 g/mol. The molecule has 2 fully saturated rings. The van der Waals surface area contributed by atoms with Gasteiger partial charge in [0.25, 0.3) is 0 Å². The SMILES string of the molecule is CC12CCC(C(Br)C1=O)C2(C)CI. The van der Waals surface area contributed by atoms with Gasteiger partial charge in [-0.25, -0.2) is 0 Å². The quantitative estimate of drug-likeness (QED) is 0.521. The van der Waals surface area contributed by atoms with Crippen LogP contribution in [0.4, 0.5) is 0 Å². The second kappa shape index (κ2) is 2.94. The van der Waals surface area contributed by atoms with Crippen molar-refractivity contribution >= 4 is 44.3 Å². The Bertz CT molecular complexity index is 268. The van der Waals surface area contributed by atoms with Gasteiger partial charge in [0, 0.05) is 9.84 Å². The lowest BCUT2D eigenvalue weighted by Crippen LogP contribution is -2.36. The van der Waals surface area contributed by atoms with Crippen molar-refractivity contribution in [2.24, 2.45) is 16.7 Å². The van der Waals surface area contributed by atoms with Crippen LogP contribution in [0.25, 0.3) is 0 Å². The van der Waals surface area contributed by atoms with Crippen molar-refractivity contribution in [3.8, 4) is 0 Å². The molecule has 0 aromatic heterocycles. The molecule has 0 amide bonds. The molecule has 2 saturated carbocycles. The van der Waals surface area contributed by atoms with Gasteiger partial charge in [-0.05, 0) is 24.2 Å². The van der Waals surface area contributed by atoms with Crippen molar-refractivity contribution in [2.45, 2.75) is 31.5 Å². The third-order valence-electron chi connectivity index (χ3n) is 4.46. The first-order chi connectivity index (χ1) is 5.97. The predicted molar refractivity (Wildman–Crippen MR) is 65.5 cm³/mol. The Labute approximate surface area is 101 Å². The smallest absolute Gasteiger partial charge is 0.153 e. The third-order valence-corrected chi connectivity index (χ3v) is 7.10. The number of hydrogen-bond acceptors (Lipinski definition) is 1. The van der Waals surface area contributed by atoms with Crippen LogP contribution in [0, 0.1) is 16.7 Å². The average Bonchev–Trinajstić information content (AvgIpc) is 2.44. The fourth-order valence-corrected chi connectivity index (χ4v) is 5.83. The van der Waals surface area contributed by atoms with Gasteiger partial charge in [-0.3, -0.25) is 4.79 Å². The van der Waals surface area contributed by atoms with E-state index in [1.165, 1.54) is 6.42 Å². The fraction of sp³-hybridized carbons (Fsp3) is 0.900. The maximum absolute atomic E-state index is 12.0. The van der Waals surface area contributed by atoms with E-state index < -0.39 is 0 Å². The zero-order chi connectivity index (χ0) is 9.85. The van der Waals surface area contributed by atoms with Gasteiger partial charge in [0.05, 0.1) is 4.83 Å². The van der Waals surface area contributed by atoms with Gasteiger partial charge < -0.3 is 0 Å². The van der Waals surface area contributed by atoms with Gasteiger partial charge in [-0.15, -0.1) is 0 Å². The Hall–Kier alpha value is 0.880. The Morgan fingerprint density at radius 3 is 2.54 bits per heavy atom. The maximum Gasteiger partial charge on any atom is 0.153 e. The van der Waals surface area contributed by atoms with E-state index in [2.05, 4.69) is 52.4 Å². The Balaban J connectivity index is 2.49. The number of hydrogen-bond donors (Lipinski definition) is 0. The number of fused-ring (bicyclic) bond motifs is 2. The Kier molecular flexibility index (Phi) is 2.35. The van der Waals surface area contributed by atoms with Gasteiger partial charge >= 0.3 is 0 Å². The van der Waals surface area contributed by atoms with E-state index in [-0.39, 0.29) is 15.7 Å². The lowest BCUT2D eigenvalue weighted by Gasteiger charge is -2.34. The molecule has 4 atom stereocenters. The van der Waals surface area contributed by atoms with E-state index in [4.69, 9.17) is 0 Å². The van der Waals surface area contributed by atoms with Gasteiger partial charge in [0.2, 0.25) is 0 Å². The van der Waals surface area contributed by atoms with Crippen LogP contribution in [-0.4, -0.2) is 15.0 Å². The average molecular weight is 357 g/mol. The molecule has 0 aromatic rings. The van der Waals surface area contributed by atoms with E-state index in [9.17, 15) is 4.79 Å². The van der Waals surface area contributed by atoms with E-state index >= 15 is 0 Å². The molecule has 2 aliphatic carbocycles. The number of alkyl halides is 2. The lowest BCUT2D eigenvalue weighted by molar-refractivity contribution is -0.127. The zero-order valence-electron chi connectivity index (χ0n) is 7.94. The minimum Gasteiger partial charge on any atom is -0.298 e. The molecule has 2 rings (SSSR count). The minimum absolute atomic E-state index is 0.0486. The van der Waals surface area contributed by atoms with Crippen molar-refractivity contribution < 1.29 is 4.79 Å². The van der Waals surface area contributed by atoms with Gasteiger partial charge in [0.1, 0.15) is 0 Å². The molecule has 0 saturated heterocycles. The molecule has 3 heteroatoms. The molecule has 0 aliphatic heterocycles. The molecule has 0 radical (unpaired) electrons. The van der Waals surface area contributed by atoms with E-state index in [0.717, 1.165) is 10.8 Å². The van der Waals surface area contributed by atoms with Crippen LogP contribution in [0.15, 0.2) is 0 Å². The standard InChI is InChI=1S/C10H14BrIO/c1-9-4-3-6(7(11)8(9)13)10(9,2)5-12/h6-7H,3-5H2,1-2H3. The number of carbonyl (C=O) groups is 1. The van der Waals surface area contributed by atoms with Gasteiger partial charge in [-0.1, -0.05) is 52.4 Å². The zero-order valence-corrected chi connectivity index (χ0v) is 11.7. The van der Waals surface area contributed by atoms with Crippen LogP contribution in [0.2, 0.25) is 0 Å². The van der Waals surface area contributed by atoms with Crippen LogP contribution >= 0.6 is 38.5 Å². The maximum atomic E-state index is 12.0. The Morgan fingerprint density at radius 2 is 2.23 bits per heavy atom. The van der Waals surface area contributed by atoms with Crippen molar-refractivity contribution in [3.63, 3.8) is 0 Å². The largest absolute Gasteiger partial charge is 0.298 e. The number of Topliss-reactive ketones (excluding diaryl/α,β-unsaturated/α-hetero) is 1. The van der Waals surface area contributed by atoms with Crippen LogP contribution in [0.1, 0.15) is 26.7 Å². The summed E-state index contributed by atoms with van der Waals surface area (Å²) in [7, 11) is 0. The van der Waals surface area contributed by atoms with Crippen LogP contribution in [0.3, 0.4) is 0 Å². The molecular weight excluding hydrogens is 343 g/mol. The number of ketones is 1. The van der Waals surface area contributed by atoms with E-state index in [1.807, 2.05) is 0 Å². The summed E-state index contributed by atoms with van der Waals surface area (Å²) in [6.07, 6.45) is 2.32. The highest BCUT2D eigenvalue weighted by molar-refractivity contribution is 14.1. The van der Waals surface area contributed by atoms with E-state index in [0.29, 0.717) is 11.7 Å². The molecule has 13 heavy (non-hydrogen) atoms. The third kappa shape index (κ3) is 1.01. The molecule has 4 unspecified atom stereocenters. The van der Waals surface area contributed by atoms with Crippen LogP contribution in [-0.2, 0) is 4.79 Å². The first-order valence-electron chi connectivity index (χ1n) is 4.72. The summed E-state index contributed by atoms with van der Waals surface area (Å²) in [4.78, 5) is 12.1. The molecule has 1 nitrogen and oxygen atoms in total. The summed E-state index contributed by atoms with van der Waals surface area (Å²) in [5.74, 6) is 1.02. The molecule has 0 N–H and O–H groups in total. The normalized spacial score (nSPS) is 54.6. The highest BCUT2D eigenvalue weighted by Crippen LogP contribution is 2.65. The van der Waals surface area contributed by atoms with Gasteiger partial charge in [-0.2, -0.15) is 0 Å². The van der Waals surface area contributed by atoms with Crippen molar-refractivity contribution in [3.05, 3.63) is 0 Å². The van der Waals surface area contributed by atoms with Crippen LogP contribution in [0.5, 0.6) is 0 Å². The Morgan fingerprint density at radius 1 is 1.62 bits per heavy atom. The number of rotatable bonds is 1. The molecule has 2 aliphatic rings. The summed E-state index contributed by atoms with van der Waals surface area (Å²) < 4.78 is 1.10. The summed E-state index contributed by atoms with van der Waals surface area (Å²) in [6.45, 7) is 4.45. The predicted octanol–water partition coefficient (Wildman–Crippen LogP) is 3.19. The summed E-state index contributed by atoms with van der Waals surface area (Å²) >= 11 is 5.99. The number of carbonyl (C=O) groups excluding carboxylic acids is 1. The molecule has 74 valence electrons. The fourth-order valence-electron chi connectivity index (χ4n) is 3.07. The molecule has 0 heterocycles. The molecule has 0 aromatic carbocycles. The first-order valence-corrected chi connectivity index (χ1v) is 7.16. The summed E-state index contributed by atoms with van der Waals surface area (Å²) in [6, 6.07) is 0. The second-order valence-corrected chi connectivity index (χ2v) is 6.54. The number of halogens is 2. The van der Waals surface area contributed by atoms with Crippen molar-refractivity contribution in [1.29, 1.82) is 0 Å². The first kappa shape index (κ1) is 10.4. The molecule has 2 bridgehead atoms. The summed E-state index contributed by atoms with van der Waals surface area (Å²) in [5.41, 5.74) is 0.186. The summed E-state index contributed by atoms with van der Waals surface area (Å²) in [5, 5.41) is 0.